The first kappa shape index (κ1) is 16.8. The minimum Gasteiger partial charge on any atom is -0.481 e. The van der Waals surface area contributed by atoms with Crippen molar-refractivity contribution in [2.75, 3.05) is 26.7 Å². The van der Waals surface area contributed by atoms with E-state index in [4.69, 9.17) is 5.11 Å². The molecule has 0 spiro atoms. The maximum absolute atomic E-state index is 12.5. The summed E-state index contributed by atoms with van der Waals surface area (Å²) in [7, 11) is 1.67. The van der Waals surface area contributed by atoms with E-state index in [2.05, 4.69) is 0 Å². The number of hydrogen-bond donors (Lipinski definition) is 1. The van der Waals surface area contributed by atoms with Crippen LogP contribution < -0.4 is 0 Å². The molecule has 2 aliphatic rings. The van der Waals surface area contributed by atoms with E-state index in [1.165, 1.54) is 4.90 Å². The Morgan fingerprint density at radius 1 is 1.23 bits per heavy atom. The maximum atomic E-state index is 12.5. The smallest absolute Gasteiger partial charge is 0.308 e. The standard InChI is InChI=1S/C16H26N2O4/c1-16(7-3-4-8-16)15(22)17(2)11-13(19)18-9-5-6-12(10-18)14(20)21/h12H,3-11H2,1-2H3,(H,20,21). The van der Waals surface area contributed by atoms with Gasteiger partial charge in [-0.05, 0) is 25.7 Å². The molecule has 0 bridgehead atoms. The summed E-state index contributed by atoms with van der Waals surface area (Å²) in [6.07, 6.45) is 5.22. The van der Waals surface area contributed by atoms with Crippen LogP contribution in [0, 0.1) is 11.3 Å². The lowest BCUT2D eigenvalue weighted by Crippen LogP contribution is -2.48. The highest BCUT2D eigenvalue weighted by Gasteiger charge is 2.39. The number of likely N-dealkylation sites (N-methyl/N-ethyl adjacent to an activating group) is 1. The molecule has 1 unspecified atom stereocenters. The number of carbonyl (C=O) groups excluding carboxylic acids is 2. The molecule has 0 radical (unpaired) electrons. The van der Waals surface area contributed by atoms with Gasteiger partial charge < -0.3 is 14.9 Å². The van der Waals surface area contributed by atoms with Gasteiger partial charge in [0, 0.05) is 25.6 Å². The zero-order valence-corrected chi connectivity index (χ0v) is 13.5. The fraction of sp³-hybridized carbons (Fsp3) is 0.812. The molecule has 2 fully saturated rings. The van der Waals surface area contributed by atoms with Crippen molar-refractivity contribution < 1.29 is 19.5 Å². The SMILES string of the molecule is CN(CC(=O)N1CCCC(C(=O)O)C1)C(=O)C1(C)CCCC1. The van der Waals surface area contributed by atoms with Crippen molar-refractivity contribution in [3.63, 3.8) is 0 Å². The number of likely N-dealkylation sites (tertiary alicyclic amines) is 1. The largest absolute Gasteiger partial charge is 0.481 e. The molecule has 1 heterocycles. The zero-order chi connectivity index (χ0) is 16.3. The van der Waals surface area contributed by atoms with Gasteiger partial charge in [-0.2, -0.15) is 0 Å². The van der Waals surface area contributed by atoms with Gasteiger partial charge in [0.1, 0.15) is 0 Å². The van der Waals surface area contributed by atoms with E-state index in [0.29, 0.717) is 19.4 Å². The molecule has 1 aliphatic carbocycles. The Morgan fingerprint density at radius 3 is 2.45 bits per heavy atom. The van der Waals surface area contributed by atoms with Crippen molar-refractivity contribution in [3.8, 4) is 0 Å². The number of hydrogen-bond acceptors (Lipinski definition) is 3. The van der Waals surface area contributed by atoms with Crippen molar-refractivity contribution >= 4 is 17.8 Å². The molecule has 1 N–H and O–H groups in total. The lowest BCUT2D eigenvalue weighted by Gasteiger charge is -2.33. The lowest BCUT2D eigenvalue weighted by molar-refractivity contribution is -0.149. The summed E-state index contributed by atoms with van der Waals surface area (Å²) in [5.41, 5.74) is -0.333. The third-order valence-corrected chi connectivity index (χ3v) is 5.07. The van der Waals surface area contributed by atoms with Crippen LogP contribution in [-0.4, -0.2) is 59.4 Å². The molecule has 0 aromatic carbocycles. The molecule has 6 heteroatoms. The second kappa shape index (κ2) is 6.67. The molecule has 1 atom stereocenters. The Kier molecular flexibility index (Phi) is 5.08. The van der Waals surface area contributed by atoms with Gasteiger partial charge in [-0.1, -0.05) is 19.8 Å². The van der Waals surface area contributed by atoms with Crippen LogP contribution in [0.1, 0.15) is 45.4 Å². The molecular formula is C16H26N2O4. The van der Waals surface area contributed by atoms with Crippen LogP contribution in [-0.2, 0) is 14.4 Å². The Morgan fingerprint density at radius 2 is 1.86 bits per heavy atom. The lowest BCUT2D eigenvalue weighted by atomic mass is 9.87. The van der Waals surface area contributed by atoms with E-state index in [0.717, 1.165) is 25.7 Å². The Hall–Kier alpha value is -1.59. The first-order valence-electron chi connectivity index (χ1n) is 8.09. The predicted molar refractivity (Wildman–Crippen MR) is 81.2 cm³/mol. The molecule has 1 saturated heterocycles. The summed E-state index contributed by atoms with van der Waals surface area (Å²) in [4.78, 5) is 39.0. The van der Waals surface area contributed by atoms with Crippen molar-refractivity contribution in [3.05, 3.63) is 0 Å². The second-order valence-electron chi connectivity index (χ2n) is 6.95. The number of carboxylic acid groups (broad SMARTS) is 1. The number of amides is 2. The van der Waals surface area contributed by atoms with E-state index >= 15 is 0 Å². The molecule has 6 nitrogen and oxygen atoms in total. The van der Waals surface area contributed by atoms with Crippen LogP contribution in [0.5, 0.6) is 0 Å². The third kappa shape index (κ3) is 3.59. The summed E-state index contributed by atoms with van der Waals surface area (Å²) in [6.45, 7) is 2.86. The summed E-state index contributed by atoms with van der Waals surface area (Å²) in [5, 5.41) is 9.08. The molecule has 2 amide bonds. The van der Waals surface area contributed by atoms with Crippen molar-refractivity contribution in [1.82, 2.24) is 9.80 Å². The molecule has 124 valence electrons. The topological polar surface area (TPSA) is 77.9 Å². The zero-order valence-electron chi connectivity index (χ0n) is 13.5. The molecule has 1 aliphatic heterocycles. The Labute approximate surface area is 131 Å². The minimum absolute atomic E-state index is 0.0325. The highest BCUT2D eigenvalue weighted by Crippen LogP contribution is 2.38. The third-order valence-electron chi connectivity index (χ3n) is 5.07. The number of carbonyl (C=O) groups is 3. The van der Waals surface area contributed by atoms with Crippen molar-refractivity contribution in [2.45, 2.75) is 45.4 Å². The first-order chi connectivity index (χ1) is 10.3. The van der Waals surface area contributed by atoms with Gasteiger partial charge in [-0.15, -0.1) is 0 Å². The van der Waals surface area contributed by atoms with Crippen LogP contribution in [0.15, 0.2) is 0 Å². The van der Waals surface area contributed by atoms with Crippen molar-refractivity contribution in [1.29, 1.82) is 0 Å². The van der Waals surface area contributed by atoms with E-state index in [-0.39, 0.29) is 30.3 Å². The summed E-state index contributed by atoms with van der Waals surface area (Å²) >= 11 is 0. The van der Waals surface area contributed by atoms with Gasteiger partial charge in [0.05, 0.1) is 12.5 Å². The maximum Gasteiger partial charge on any atom is 0.308 e. The molecule has 22 heavy (non-hydrogen) atoms. The first-order valence-corrected chi connectivity index (χ1v) is 8.09. The Bertz CT molecular complexity index is 457. The number of carboxylic acids is 1. The van der Waals surface area contributed by atoms with Crippen LogP contribution >= 0.6 is 0 Å². The predicted octanol–water partition coefficient (Wildman–Crippen LogP) is 1.35. The van der Waals surface area contributed by atoms with Gasteiger partial charge in [0.2, 0.25) is 11.8 Å². The molecule has 0 aromatic heterocycles. The van der Waals surface area contributed by atoms with E-state index in [1.807, 2.05) is 6.92 Å². The average molecular weight is 310 g/mol. The van der Waals surface area contributed by atoms with Crippen LogP contribution in [0.3, 0.4) is 0 Å². The average Bonchev–Trinajstić information content (AvgIpc) is 2.94. The molecule has 2 rings (SSSR count). The van der Waals surface area contributed by atoms with Gasteiger partial charge in [0.15, 0.2) is 0 Å². The van der Waals surface area contributed by atoms with Crippen LogP contribution in [0.4, 0.5) is 0 Å². The van der Waals surface area contributed by atoms with Gasteiger partial charge in [0.25, 0.3) is 0 Å². The van der Waals surface area contributed by atoms with Gasteiger partial charge in [-0.3, -0.25) is 14.4 Å². The van der Waals surface area contributed by atoms with Crippen LogP contribution in [0.2, 0.25) is 0 Å². The Balaban J connectivity index is 1.90. The van der Waals surface area contributed by atoms with E-state index < -0.39 is 11.9 Å². The highest BCUT2D eigenvalue weighted by molar-refractivity contribution is 5.88. The number of nitrogens with zero attached hydrogens (tertiary/aromatic N) is 2. The van der Waals surface area contributed by atoms with E-state index in [1.54, 1.807) is 11.9 Å². The fourth-order valence-corrected chi connectivity index (χ4v) is 3.61. The number of piperidine rings is 1. The fourth-order valence-electron chi connectivity index (χ4n) is 3.61. The van der Waals surface area contributed by atoms with Crippen molar-refractivity contribution in [2.24, 2.45) is 11.3 Å². The highest BCUT2D eigenvalue weighted by atomic mass is 16.4. The normalized spacial score (nSPS) is 24.1. The second-order valence-corrected chi connectivity index (χ2v) is 6.95. The molecule has 0 aromatic rings. The van der Waals surface area contributed by atoms with Gasteiger partial charge in [-0.25, -0.2) is 0 Å². The summed E-state index contributed by atoms with van der Waals surface area (Å²) in [6, 6.07) is 0. The number of rotatable bonds is 4. The molecule has 1 saturated carbocycles. The summed E-state index contributed by atoms with van der Waals surface area (Å²) < 4.78 is 0. The van der Waals surface area contributed by atoms with Crippen LogP contribution in [0.25, 0.3) is 0 Å². The molecular weight excluding hydrogens is 284 g/mol. The monoisotopic (exact) mass is 310 g/mol. The van der Waals surface area contributed by atoms with Gasteiger partial charge >= 0.3 is 5.97 Å². The minimum atomic E-state index is -0.847. The number of aliphatic carboxylic acids is 1. The van der Waals surface area contributed by atoms with E-state index in [9.17, 15) is 14.4 Å². The summed E-state index contributed by atoms with van der Waals surface area (Å²) in [5.74, 6) is -1.44. The quantitative estimate of drug-likeness (QED) is 0.850.